The number of rotatable bonds is 8. The van der Waals surface area contributed by atoms with E-state index >= 15 is 0 Å². The number of esters is 1. The van der Waals surface area contributed by atoms with Crippen LogP contribution in [0.4, 0.5) is 23.8 Å². The maximum atomic E-state index is 13.4. The van der Waals surface area contributed by atoms with Gasteiger partial charge in [-0.1, -0.05) is 0 Å². The maximum absolute atomic E-state index is 13.4. The van der Waals surface area contributed by atoms with Gasteiger partial charge in [-0.25, -0.2) is 14.8 Å². The van der Waals surface area contributed by atoms with E-state index in [1.54, 1.807) is 13.1 Å². The molecule has 0 atom stereocenters. The van der Waals surface area contributed by atoms with Crippen molar-refractivity contribution in [3.05, 3.63) is 40.8 Å². The Morgan fingerprint density at radius 2 is 1.92 bits per heavy atom. The fraction of sp³-hybridized carbons (Fsp3) is 0.417. The standard InChI is InChI=1S/C24H27F3N6O3S/c1-2-36-20(34)14-30-23(35)28-6-7-32-8-10-33(11-9-32)22-17-3-4-19(24(25,26)27)31-21(17)18(13-29-22)16-5-12-37-15-16/h3-5,12-13,15H,2,6-11,14H2,1H3,(H2,28,30,35). The molecule has 1 aliphatic heterocycles. The molecule has 0 unspecified atom stereocenters. The number of amides is 2. The molecule has 198 valence electrons. The van der Waals surface area contributed by atoms with E-state index in [9.17, 15) is 22.8 Å². The Kier molecular flexibility index (Phi) is 8.44. The largest absolute Gasteiger partial charge is 0.465 e. The number of carbonyl (C=O) groups excluding carboxylic acids is 2. The highest BCUT2D eigenvalue weighted by molar-refractivity contribution is 7.08. The molecule has 0 aromatic carbocycles. The van der Waals surface area contributed by atoms with Crippen molar-refractivity contribution >= 4 is 40.1 Å². The highest BCUT2D eigenvalue weighted by Gasteiger charge is 2.33. The average molecular weight is 537 g/mol. The van der Waals surface area contributed by atoms with E-state index in [0.29, 0.717) is 56.0 Å². The molecule has 3 aromatic heterocycles. The van der Waals surface area contributed by atoms with E-state index in [1.165, 1.54) is 17.4 Å². The van der Waals surface area contributed by atoms with Gasteiger partial charge < -0.3 is 20.3 Å². The highest BCUT2D eigenvalue weighted by atomic mass is 32.1. The quantitative estimate of drug-likeness (QED) is 0.426. The number of pyridine rings is 2. The summed E-state index contributed by atoms with van der Waals surface area (Å²) < 4.78 is 45.0. The fourth-order valence-electron chi connectivity index (χ4n) is 4.08. The van der Waals surface area contributed by atoms with Crippen molar-refractivity contribution in [3.63, 3.8) is 0 Å². The molecule has 4 heterocycles. The van der Waals surface area contributed by atoms with Gasteiger partial charge in [0.1, 0.15) is 18.1 Å². The third kappa shape index (κ3) is 6.66. The number of alkyl halides is 3. The third-order valence-corrected chi connectivity index (χ3v) is 6.60. The highest BCUT2D eigenvalue weighted by Crippen LogP contribution is 2.36. The lowest BCUT2D eigenvalue weighted by Crippen LogP contribution is -2.49. The first-order valence-electron chi connectivity index (χ1n) is 11.8. The first-order chi connectivity index (χ1) is 17.8. The lowest BCUT2D eigenvalue weighted by molar-refractivity contribution is -0.142. The van der Waals surface area contributed by atoms with Gasteiger partial charge in [0.25, 0.3) is 0 Å². The van der Waals surface area contributed by atoms with Crippen LogP contribution >= 0.6 is 11.3 Å². The first kappa shape index (κ1) is 26.6. The van der Waals surface area contributed by atoms with Crippen LogP contribution in [0.1, 0.15) is 12.6 Å². The van der Waals surface area contributed by atoms with E-state index in [2.05, 4.69) is 25.5 Å². The predicted molar refractivity (Wildman–Crippen MR) is 135 cm³/mol. The van der Waals surface area contributed by atoms with Crippen molar-refractivity contribution < 1.29 is 27.5 Å². The lowest BCUT2D eigenvalue weighted by Gasteiger charge is -2.36. The molecule has 0 saturated carbocycles. The number of piperazine rings is 1. The van der Waals surface area contributed by atoms with Crippen molar-refractivity contribution in [3.8, 4) is 11.1 Å². The number of nitrogens with one attached hydrogen (secondary N) is 2. The van der Waals surface area contributed by atoms with Gasteiger partial charge in [-0.2, -0.15) is 24.5 Å². The predicted octanol–water partition coefficient (Wildman–Crippen LogP) is 3.36. The molecular formula is C24H27F3N6O3S. The minimum atomic E-state index is -4.54. The monoisotopic (exact) mass is 536 g/mol. The summed E-state index contributed by atoms with van der Waals surface area (Å²) in [6, 6.07) is 3.85. The second kappa shape index (κ2) is 11.7. The van der Waals surface area contributed by atoms with E-state index in [0.717, 1.165) is 11.6 Å². The van der Waals surface area contributed by atoms with E-state index in [-0.39, 0.29) is 18.7 Å². The Morgan fingerprint density at radius 1 is 1.14 bits per heavy atom. The lowest BCUT2D eigenvalue weighted by atomic mass is 10.1. The van der Waals surface area contributed by atoms with Crippen LogP contribution in [-0.4, -0.2) is 79.3 Å². The minimum Gasteiger partial charge on any atom is -0.465 e. The molecule has 0 spiro atoms. The zero-order chi connectivity index (χ0) is 26.4. The number of halogens is 3. The Balaban J connectivity index is 1.39. The van der Waals surface area contributed by atoms with Gasteiger partial charge in [0.15, 0.2) is 0 Å². The number of nitrogens with zero attached hydrogens (tertiary/aromatic N) is 4. The van der Waals surface area contributed by atoms with Crippen LogP contribution in [-0.2, 0) is 15.7 Å². The van der Waals surface area contributed by atoms with Gasteiger partial charge in [-0.3, -0.25) is 9.69 Å². The summed E-state index contributed by atoms with van der Waals surface area (Å²) in [4.78, 5) is 35.9. The Hall–Kier alpha value is -3.45. The summed E-state index contributed by atoms with van der Waals surface area (Å²) in [5.74, 6) is 0.106. The molecule has 0 radical (unpaired) electrons. The molecule has 9 nitrogen and oxygen atoms in total. The number of anilines is 1. The van der Waals surface area contributed by atoms with Crippen molar-refractivity contribution in [2.75, 3.05) is 57.3 Å². The Morgan fingerprint density at radius 3 is 2.59 bits per heavy atom. The van der Waals surface area contributed by atoms with Crippen molar-refractivity contribution in [1.29, 1.82) is 0 Å². The molecule has 3 aromatic rings. The zero-order valence-corrected chi connectivity index (χ0v) is 21.0. The van der Waals surface area contributed by atoms with Crippen LogP contribution in [0, 0.1) is 0 Å². The number of aromatic nitrogens is 2. The topological polar surface area (TPSA) is 99.7 Å². The zero-order valence-electron chi connectivity index (χ0n) is 20.2. The second-order valence-electron chi connectivity index (χ2n) is 8.34. The van der Waals surface area contributed by atoms with Crippen LogP contribution in [0.3, 0.4) is 0 Å². The maximum Gasteiger partial charge on any atom is 0.433 e. The fourth-order valence-corrected chi connectivity index (χ4v) is 4.73. The van der Waals surface area contributed by atoms with E-state index in [1.807, 2.05) is 21.7 Å². The summed E-state index contributed by atoms with van der Waals surface area (Å²) in [7, 11) is 0. The van der Waals surface area contributed by atoms with Crippen LogP contribution in [0.15, 0.2) is 35.2 Å². The summed E-state index contributed by atoms with van der Waals surface area (Å²) in [5.41, 5.74) is 0.692. The van der Waals surface area contributed by atoms with Crippen LogP contribution in [0.25, 0.3) is 22.0 Å². The summed E-state index contributed by atoms with van der Waals surface area (Å²) >= 11 is 1.45. The van der Waals surface area contributed by atoms with Crippen LogP contribution in [0.5, 0.6) is 0 Å². The molecule has 13 heteroatoms. The van der Waals surface area contributed by atoms with Gasteiger partial charge >= 0.3 is 18.2 Å². The Labute approximate surface area is 215 Å². The minimum absolute atomic E-state index is 0.191. The smallest absolute Gasteiger partial charge is 0.433 e. The van der Waals surface area contributed by atoms with Gasteiger partial charge in [-0.15, -0.1) is 0 Å². The molecule has 2 amide bonds. The summed E-state index contributed by atoms with van der Waals surface area (Å²) in [6.07, 6.45) is -2.95. The van der Waals surface area contributed by atoms with Gasteiger partial charge in [-0.05, 0) is 41.4 Å². The SMILES string of the molecule is CCOC(=O)CNC(=O)NCCN1CCN(c2ncc(-c3ccsc3)c3nc(C(F)(F)F)ccc23)CC1. The molecular weight excluding hydrogens is 509 g/mol. The van der Waals surface area contributed by atoms with E-state index < -0.39 is 23.9 Å². The first-order valence-corrected chi connectivity index (χ1v) is 12.7. The molecule has 1 fully saturated rings. The molecule has 0 aliphatic carbocycles. The van der Waals surface area contributed by atoms with Crippen LogP contribution in [0.2, 0.25) is 0 Å². The molecule has 1 saturated heterocycles. The number of thiophene rings is 1. The van der Waals surface area contributed by atoms with E-state index in [4.69, 9.17) is 4.74 Å². The summed E-state index contributed by atoms with van der Waals surface area (Å²) in [6.45, 7) is 5.39. The van der Waals surface area contributed by atoms with Crippen molar-refractivity contribution in [1.82, 2.24) is 25.5 Å². The average Bonchev–Trinajstić information content (AvgIpc) is 3.41. The summed E-state index contributed by atoms with van der Waals surface area (Å²) in [5, 5.41) is 9.45. The molecule has 1 aliphatic rings. The number of hydrogen-bond donors (Lipinski definition) is 2. The third-order valence-electron chi connectivity index (χ3n) is 5.91. The normalized spacial score (nSPS) is 14.5. The molecule has 4 rings (SSSR count). The molecule has 37 heavy (non-hydrogen) atoms. The van der Waals surface area contributed by atoms with Gasteiger partial charge in [0.05, 0.1) is 12.1 Å². The van der Waals surface area contributed by atoms with Crippen LogP contribution < -0.4 is 15.5 Å². The number of ether oxygens (including phenoxy) is 1. The molecule has 2 N–H and O–H groups in total. The van der Waals surface area contributed by atoms with Crippen molar-refractivity contribution in [2.45, 2.75) is 13.1 Å². The van der Waals surface area contributed by atoms with Gasteiger partial charge in [0, 0.05) is 56.4 Å². The number of urea groups is 1. The second-order valence-corrected chi connectivity index (χ2v) is 9.12. The number of fused-ring (bicyclic) bond motifs is 1. The number of hydrogen-bond acceptors (Lipinski definition) is 8. The Bertz CT molecular complexity index is 1230. The van der Waals surface area contributed by atoms with Gasteiger partial charge in [0.2, 0.25) is 0 Å². The number of carbonyl (C=O) groups is 2. The molecule has 0 bridgehead atoms. The van der Waals surface area contributed by atoms with Crippen molar-refractivity contribution in [2.24, 2.45) is 0 Å².